The third-order valence-corrected chi connectivity index (χ3v) is 11.0. The Balaban J connectivity index is 1.06. The van der Waals surface area contributed by atoms with Crippen LogP contribution in [-0.2, 0) is 0 Å². The second kappa shape index (κ2) is 15.0. The molecule has 57 heavy (non-hydrogen) atoms. The van der Waals surface area contributed by atoms with E-state index in [2.05, 4.69) is 241 Å². The van der Waals surface area contributed by atoms with Gasteiger partial charge in [-0.3, -0.25) is 0 Å². The number of hydrogen-bond donors (Lipinski definition) is 0. The molecular weight excluding hydrogens is 687 g/mol. The molecule has 0 aromatic heterocycles. The van der Waals surface area contributed by atoms with E-state index in [1.807, 2.05) is 0 Å². The van der Waals surface area contributed by atoms with E-state index in [0.717, 1.165) is 17.1 Å². The van der Waals surface area contributed by atoms with Gasteiger partial charge in [-0.05, 0) is 138 Å². The highest BCUT2D eigenvalue weighted by molar-refractivity contribution is 6.13. The van der Waals surface area contributed by atoms with Crippen molar-refractivity contribution >= 4 is 38.6 Å². The van der Waals surface area contributed by atoms with Gasteiger partial charge in [-0.1, -0.05) is 176 Å². The van der Waals surface area contributed by atoms with Crippen molar-refractivity contribution in [3.8, 4) is 55.6 Å². The van der Waals surface area contributed by atoms with Gasteiger partial charge in [0.2, 0.25) is 0 Å². The molecule has 10 rings (SSSR count). The topological polar surface area (TPSA) is 3.24 Å². The van der Waals surface area contributed by atoms with Crippen molar-refractivity contribution in [2.75, 3.05) is 4.90 Å². The van der Waals surface area contributed by atoms with Gasteiger partial charge >= 0.3 is 0 Å². The molecule has 0 saturated carbocycles. The standard InChI is InChI=1S/C56H39N/c1-4-14-40(15-5-1)43-24-30-50(31-25-43)57(52-34-28-45(29-35-52)56-39-46-20-10-11-21-53(46)54-22-12-13-23-55(54)56)51-32-26-44(27-33-51)49-37-47(41-16-6-2-7-17-41)36-48(38-49)42-18-8-3-9-19-42/h1-39H. The SMILES string of the molecule is c1ccc(-c2ccc(N(c3ccc(-c4cc(-c5ccccc5)cc(-c5ccccc5)c4)cc3)c3ccc(-c4cc5ccccc5c5ccccc45)cc3)cc2)cc1. The van der Waals surface area contributed by atoms with E-state index in [-0.39, 0.29) is 0 Å². The van der Waals surface area contributed by atoms with E-state index in [4.69, 9.17) is 0 Å². The van der Waals surface area contributed by atoms with Crippen molar-refractivity contribution < 1.29 is 0 Å². The van der Waals surface area contributed by atoms with Crippen LogP contribution in [0.15, 0.2) is 237 Å². The molecule has 0 unspecified atom stereocenters. The fraction of sp³-hybridized carbons (Fsp3) is 0. The Kier molecular flexibility index (Phi) is 8.95. The molecule has 1 nitrogen and oxygen atoms in total. The van der Waals surface area contributed by atoms with Crippen LogP contribution < -0.4 is 4.90 Å². The molecule has 0 atom stereocenters. The van der Waals surface area contributed by atoms with Crippen LogP contribution in [-0.4, -0.2) is 0 Å². The molecule has 0 saturated heterocycles. The van der Waals surface area contributed by atoms with Crippen LogP contribution in [0.5, 0.6) is 0 Å². The third-order valence-electron chi connectivity index (χ3n) is 11.0. The van der Waals surface area contributed by atoms with Crippen LogP contribution in [0.3, 0.4) is 0 Å². The maximum Gasteiger partial charge on any atom is 0.0462 e. The monoisotopic (exact) mass is 725 g/mol. The molecule has 0 aliphatic carbocycles. The summed E-state index contributed by atoms with van der Waals surface area (Å²) in [5, 5.41) is 5.07. The molecule has 0 fully saturated rings. The van der Waals surface area contributed by atoms with E-state index in [1.54, 1.807) is 0 Å². The molecule has 0 aliphatic rings. The summed E-state index contributed by atoms with van der Waals surface area (Å²) in [6.07, 6.45) is 0. The number of rotatable bonds is 8. The van der Waals surface area contributed by atoms with Crippen molar-refractivity contribution in [3.63, 3.8) is 0 Å². The van der Waals surface area contributed by atoms with Crippen molar-refractivity contribution in [2.24, 2.45) is 0 Å². The quantitative estimate of drug-likeness (QED) is 0.141. The van der Waals surface area contributed by atoms with E-state index >= 15 is 0 Å². The molecule has 10 aromatic rings. The highest BCUT2D eigenvalue weighted by atomic mass is 15.1. The summed E-state index contributed by atoms with van der Waals surface area (Å²) in [6, 6.07) is 85.6. The van der Waals surface area contributed by atoms with Crippen LogP contribution in [0.2, 0.25) is 0 Å². The Bertz CT molecular complexity index is 2890. The molecule has 0 radical (unpaired) electrons. The first-order valence-corrected chi connectivity index (χ1v) is 19.6. The molecule has 10 aromatic carbocycles. The maximum absolute atomic E-state index is 2.36. The smallest absolute Gasteiger partial charge is 0.0462 e. The Morgan fingerprint density at radius 1 is 0.211 bits per heavy atom. The van der Waals surface area contributed by atoms with Gasteiger partial charge in [0.05, 0.1) is 0 Å². The summed E-state index contributed by atoms with van der Waals surface area (Å²) < 4.78 is 0. The first-order chi connectivity index (χ1) is 28.2. The largest absolute Gasteiger partial charge is 0.311 e. The Morgan fingerprint density at radius 3 is 1.02 bits per heavy atom. The highest BCUT2D eigenvalue weighted by Gasteiger charge is 2.16. The lowest BCUT2D eigenvalue weighted by Gasteiger charge is -2.26. The fourth-order valence-electron chi connectivity index (χ4n) is 8.16. The zero-order valence-corrected chi connectivity index (χ0v) is 31.5. The molecular formula is C56H39N. The Hall–Kier alpha value is -7.48. The van der Waals surface area contributed by atoms with Crippen molar-refractivity contribution in [2.45, 2.75) is 0 Å². The molecule has 0 heterocycles. The second-order valence-corrected chi connectivity index (χ2v) is 14.6. The lowest BCUT2D eigenvalue weighted by Crippen LogP contribution is -2.09. The van der Waals surface area contributed by atoms with Gasteiger partial charge in [0, 0.05) is 17.1 Å². The molecule has 0 N–H and O–H groups in total. The van der Waals surface area contributed by atoms with Crippen LogP contribution in [0.25, 0.3) is 77.2 Å². The van der Waals surface area contributed by atoms with Crippen LogP contribution >= 0.6 is 0 Å². The number of nitrogens with zero attached hydrogens (tertiary/aromatic N) is 1. The Labute approximate surface area is 334 Å². The van der Waals surface area contributed by atoms with Crippen LogP contribution in [0.4, 0.5) is 17.1 Å². The van der Waals surface area contributed by atoms with Crippen molar-refractivity contribution in [1.29, 1.82) is 0 Å². The Morgan fingerprint density at radius 2 is 0.544 bits per heavy atom. The van der Waals surface area contributed by atoms with E-state index < -0.39 is 0 Å². The zero-order chi connectivity index (χ0) is 38.0. The molecule has 268 valence electrons. The van der Waals surface area contributed by atoms with Gasteiger partial charge in [0.1, 0.15) is 0 Å². The van der Waals surface area contributed by atoms with Crippen LogP contribution in [0.1, 0.15) is 0 Å². The number of hydrogen-bond acceptors (Lipinski definition) is 1. The summed E-state index contributed by atoms with van der Waals surface area (Å²) >= 11 is 0. The zero-order valence-electron chi connectivity index (χ0n) is 31.5. The summed E-state index contributed by atoms with van der Waals surface area (Å²) in [4.78, 5) is 2.36. The summed E-state index contributed by atoms with van der Waals surface area (Å²) in [7, 11) is 0. The summed E-state index contributed by atoms with van der Waals surface area (Å²) in [5.41, 5.74) is 15.3. The fourth-order valence-corrected chi connectivity index (χ4v) is 8.16. The highest BCUT2D eigenvalue weighted by Crippen LogP contribution is 2.40. The summed E-state index contributed by atoms with van der Waals surface area (Å²) in [5.74, 6) is 0. The number of benzene rings is 10. The molecule has 1 heteroatoms. The minimum absolute atomic E-state index is 1.10. The van der Waals surface area contributed by atoms with Gasteiger partial charge in [-0.25, -0.2) is 0 Å². The lowest BCUT2D eigenvalue weighted by atomic mass is 9.93. The van der Waals surface area contributed by atoms with Gasteiger partial charge in [-0.15, -0.1) is 0 Å². The van der Waals surface area contributed by atoms with Crippen molar-refractivity contribution in [3.05, 3.63) is 237 Å². The number of fused-ring (bicyclic) bond motifs is 3. The third kappa shape index (κ3) is 6.77. The first kappa shape index (κ1) is 34.0. The molecule has 0 amide bonds. The minimum atomic E-state index is 1.10. The van der Waals surface area contributed by atoms with Gasteiger partial charge in [0.25, 0.3) is 0 Å². The number of anilines is 3. The average Bonchev–Trinajstić information content (AvgIpc) is 3.30. The second-order valence-electron chi connectivity index (χ2n) is 14.6. The van der Waals surface area contributed by atoms with Gasteiger partial charge in [0.15, 0.2) is 0 Å². The molecule has 0 aliphatic heterocycles. The normalized spacial score (nSPS) is 11.2. The lowest BCUT2D eigenvalue weighted by molar-refractivity contribution is 1.28. The van der Waals surface area contributed by atoms with Gasteiger partial charge in [-0.2, -0.15) is 0 Å². The predicted molar refractivity (Wildman–Crippen MR) is 243 cm³/mol. The maximum atomic E-state index is 2.36. The van der Waals surface area contributed by atoms with Crippen molar-refractivity contribution in [1.82, 2.24) is 0 Å². The van der Waals surface area contributed by atoms with Crippen LogP contribution in [0, 0.1) is 0 Å². The van der Waals surface area contributed by atoms with E-state index in [1.165, 1.54) is 77.2 Å². The van der Waals surface area contributed by atoms with Gasteiger partial charge < -0.3 is 4.90 Å². The molecule has 0 bridgehead atoms. The first-order valence-electron chi connectivity index (χ1n) is 19.6. The molecule has 0 spiro atoms. The van der Waals surface area contributed by atoms with E-state index in [0.29, 0.717) is 0 Å². The summed E-state index contributed by atoms with van der Waals surface area (Å²) in [6.45, 7) is 0. The minimum Gasteiger partial charge on any atom is -0.311 e. The predicted octanol–water partition coefficient (Wildman–Crippen LogP) is 15.8. The van der Waals surface area contributed by atoms with E-state index in [9.17, 15) is 0 Å². The average molecular weight is 726 g/mol.